The second kappa shape index (κ2) is 6.87. The molecular weight excluding hydrogens is 254 g/mol. The molecule has 1 fully saturated rings. The van der Waals surface area contributed by atoms with Crippen LogP contribution in [0.4, 0.5) is 5.82 Å². The number of hydrogen-bond donors (Lipinski definition) is 1. The van der Waals surface area contributed by atoms with Crippen LogP contribution in [0.25, 0.3) is 0 Å². The highest BCUT2D eigenvalue weighted by molar-refractivity contribution is 6.29. The first-order valence-corrected chi connectivity index (χ1v) is 6.64. The molecule has 0 spiro atoms. The largest absolute Gasteiger partial charge is 0.396 e. The zero-order valence-electron chi connectivity index (χ0n) is 10.3. The molecule has 1 aliphatic rings. The Morgan fingerprint density at radius 1 is 1.28 bits per heavy atom. The van der Waals surface area contributed by atoms with E-state index in [1.165, 1.54) is 0 Å². The molecule has 1 aromatic heterocycles. The fourth-order valence-corrected chi connectivity index (χ4v) is 2.11. The van der Waals surface area contributed by atoms with Gasteiger partial charge in [-0.1, -0.05) is 11.6 Å². The molecule has 1 N–H and O–H groups in total. The molecule has 0 atom stereocenters. The van der Waals surface area contributed by atoms with Gasteiger partial charge in [-0.25, -0.2) is 9.97 Å². The molecule has 0 aliphatic carbocycles. The molecule has 0 bridgehead atoms. The number of aromatic nitrogens is 2. The van der Waals surface area contributed by atoms with E-state index in [1.807, 2.05) is 0 Å². The third-order valence-electron chi connectivity index (χ3n) is 2.87. The van der Waals surface area contributed by atoms with Gasteiger partial charge in [0.1, 0.15) is 16.8 Å². The summed E-state index contributed by atoms with van der Waals surface area (Å²) in [5.41, 5.74) is 0. The zero-order valence-corrected chi connectivity index (χ0v) is 11.1. The maximum atomic E-state index is 8.77. The number of aliphatic hydroxyl groups is 1. The van der Waals surface area contributed by atoms with Crippen LogP contribution in [0.3, 0.4) is 0 Å². The lowest BCUT2D eigenvalue weighted by atomic mass is 10.2. The Labute approximate surface area is 112 Å². The molecule has 1 saturated heterocycles. The summed E-state index contributed by atoms with van der Waals surface area (Å²) in [5.74, 6) is 1.62. The molecule has 100 valence electrons. The minimum atomic E-state index is 0.205. The SMILES string of the molecule is OCCCCc1nc(Cl)cc(N2CCOCC2)n1. The second-order valence-corrected chi connectivity index (χ2v) is 4.63. The van der Waals surface area contributed by atoms with Crippen LogP contribution in [-0.2, 0) is 11.2 Å². The monoisotopic (exact) mass is 271 g/mol. The number of unbranched alkanes of at least 4 members (excludes halogenated alkanes) is 1. The van der Waals surface area contributed by atoms with Crippen molar-refractivity contribution >= 4 is 17.4 Å². The van der Waals surface area contributed by atoms with E-state index in [4.69, 9.17) is 21.4 Å². The highest BCUT2D eigenvalue weighted by Crippen LogP contribution is 2.18. The summed E-state index contributed by atoms with van der Waals surface area (Å²) in [6.45, 7) is 3.33. The van der Waals surface area contributed by atoms with Crippen LogP contribution in [0, 0.1) is 0 Å². The molecule has 0 saturated carbocycles. The minimum Gasteiger partial charge on any atom is -0.396 e. The second-order valence-electron chi connectivity index (χ2n) is 4.25. The number of rotatable bonds is 5. The molecule has 18 heavy (non-hydrogen) atoms. The maximum Gasteiger partial charge on any atom is 0.134 e. The summed E-state index contributed by atoms with van der Waals surface area (Å²) >= 11 is 6.02. The van der Waals surface area contributed by atoms with E-state index in [2.05, 4.69) is 14.9 Å². The average Bonchev–Trinajstić information content (AvgIpc) is 2.39. The third kappa shape index (κ3) is 3.80. The van der Waals surface area contributed by atoms with Crippen LogP contribution >= 0.6 is 11.6 Å². The van der Waals surface area contributed by atoms with Crippen LogP contribution in [-0.4, -0.2) is 48.0 Å². The Morgan fingerprint density at radius 2 is 2.06 bits per heavy atom. The maximum absolute atomic E-state index is 8.77. The van der Waals surface area contributed by atoms with Gasteiger partial charge in [0.05, 0.1) is 13.2 Å². The number of aryl methyl sites for hydroxylation is 1. The molecule has 2 heterocycles. The first kappa shape index (κ1) is 13.5. The van der Waals surface area contributed by atoms with Gasteiger partial charge in [0.15, 0.2) is 0 Å². The fraction of sp³-hybridized carbons (Fsp3) is 0.667. The lowest BCUT2D eigenvalue weighted by Gasteiger charge is -2.28. The van der Waals surface area contributed by atoms with Crippen LogP contribution in [0.5, 0.6) is 0 Å². The van der Waals surface area contributed by atoms with Gasteiger partial charge in [0, 0.05) is 32.2 Å². The molecule has 0 amide bonds. The number of halogens is 1. The third-order valence-corrected chi connectivity index (χ3v) is 3.06. The predicted octanol–water partition coefficient (Wildman–Crippen LogP) is 1.28. The number of anilines is 1. The van der Waals surface area contributed by atoms with E-state index >= 15 is 0 Å². The Kier molecular flexibility index (Phi) is 5.16. The van der Waals surface area contributed by atoms with E-state index in [9.17, 15) is 0 Å². The van der Waals surface area contributed by atoms with Gasteiger partial charge in [0.25, 0.3) is 0 Å². The van der Waals surface area contributed by atoms with Crippen molar-refractivity contribution in [3.63, 3.8) is 0 Å². The Morgan fingerprint density at radius 3 is 2.78 bits per heavy atom. The molecule has 6 heteroatoms. The number of nitrogens with zero attached hydrogens (tertiary/aromatic N) is 3. The van der Waals surface area contributed by atoms with Crippen molar-refractivity contribution in [2.24, 2.45) is 0 Å². The van der Waals surface area contributed by atoms with Crippen molar-refractivity contribution in [2.75, 3.05) is 37.8 Å². The van der Waals surface area contributed by atoms with Crippen LogP contribution in [0.2, 0.25) is 5.15 Å². The minimum absolute atomic E-state index is 0.205. The lowest BCUT2D eigenvalue weighted by Crippen LogP contribution is -2.37. The number of hydrogen-bond acceptors (Lipinski definition) is 5. The summed E-state index contributed by atoms with van der Waals surface area (Å²) in [6.07, 6.45) is 2.39. The summed E-state index contributed by atoms with van der Waals surface area (Å²) in [6, 6.07) is 1.79. The topological polar surface area (TPSA) is 58.5 Å². The first-order valence-electron chi connectivity index (χ1n) is 6.26. The molecule has 1 aromatic rings. The van der Waals surface area contributed by atoms with Crippen molar-refractivity contribution in [3.05, 3.63) is 17.0 Å². The van der Waals surface area contributed by atoms with Gasteiger partial charge in [-0.05, 0) is 12.8 Å². The molecule has 1 aliphatic heterocycles. The van der Waals surface area contributed by atoms with Crippen molar-refractivity contribution in [1.82, 2.24) is 9.97 Å². The van der Waals surface area contributed by atoms with Gasteiger partial charge >= 0.3 is 0 Å². The fourth-order valence-electron chi connectivity index (χ4n) is 1.91. The molecule has 0 radical (unpaired) electrons. The van der Waals surface area contributed by atoms with Gasteiger partial charge in [0.2, 0.25) is 0 Å². The Hall–Kier alpha value is -0.910. The summed E-state index contributed by atoms with van der Waals surface area (Å²) < 4.78 is 5.32. The molecular formula is C12H18ClN3O2. The van der Waals surface area contributed by atoms with Gasteiger partial charge in [-0.3, -0.25) is 0 Å². The first-order chi connectivity index (χ1) is 8.79. The molecule has 5 nitrogen and oxygen atoms in total. The van der Waals surface area contributed by atoms with E-state index in [0.717, 1.165) is 57.2 Å². The van der Waals surface area contributed by atoms with Crippen molar-refractivity contribution < 1.29 is 9.84 Å². The van der Waals surface area contributed by atoms with E-state index in [-0.39, 0.29) is 6.61 Å². The number of aliphatic hydroxyl groups excluding tert-OH is 1. The Bertz CT molecular complexity index is 384. The van der Waals surface area contributed by atoms with Gasteiger partial charge in [-0.2, -0.15) is 0 Å². The summed E-state index contributed by atoms with van der Waals surface area (Å²) in [7, 11) is 0. The van der Waals surface area contributed by atoms with Crippen LogP contribution in [0.1, 0.15) is 18.7 Å². The standard InChI is InChI=1S/C12H18ClN3O2/c13-10-9-12(16-4-7-18-8-5-16)15-11(14-10)3-1-2-6-17/h9,17H,1-8H2. The number of morpholine rings is 1. The van der Waals surface area contributed by atoms with Crippen LogP contribution < -0.4 is 4.90 Å². The zero-order chi connectivity index (χ0) is 12.8. The normalized spacial score (nSPS) is 16.0. The lowest BCUT2D eigenvalue weighted by molar-refractivity contribution is 0.122. The predicted molar refractivity (Wildman–Crippen MR) is 70.1 cm³/mol. The van der Waals surface area contributed by atoms with Crippen molar-refractivity contribution in [1.29, 1.82) is 0 Å². The van der Waals surface area contributed by atoms with E-state index in [1.54, 1.807) is 6.07 Å². The highest BCUT2D eigenvalue weighted by Gasteiger charge is 2.14. The summed E-state index contributed by atoms with van der Waals surface area (Å²) in [4.78, 5) is 10.9. The van der Waals surface area contributed by atoms with E-state index in [0.29, 0.717) is 5.15 Å². The smallest absolute Gasteiger partial charge is 0.134 e. The molecule has 2 rings (SSSR count). The summed E-state index contributed by atoms with van der Waals surface area (Å²) in [5, 5.41) is 9.25. The van der Waals surface area contributed by atoms with Crippen molar-refractivity contribution in [3.8, 4) is 0 Å². The Balaban J connectivity index is 2.05. The molecule has 0 aromatic carbocycles. The average molecular weight is 272 g/mol. The van der Waals surface area contributed by atoms with Crippen molar-refractivity contribution in [2.45, 2.75) is 19.3 Å². The van der Waals surface area contributed by atoms with Crippen LogP contribution in [0.15, 0.2) is 6.07 Å². The van der Waals surface area contributed by atoms with Gasteiger partial charge < -0.3 is 14.7 Å². The van der Waals surface area contributed by atoms with Gasteiger partial charge in [-0.15, -0.1) is 0 Å². The highest BCUT2D eigenvalue weighted by atomic mass is 35.5. The van der Waals surface area contributed by atoms with E-state index < -0.39 is 0 Å². The molecule has 0 unspecified atom stereocenters. The quantitative estimate of drug-likeness (QED) is 0.646. The number of ether oxygens (including phenoxy) is 1.